The third kappa shape index (κ3) is 3.37. The summed E-state index contributed by atoms with van der Waals surface area (Å²) in [5.41, 5.74) is 4.78. The molecule has 1 fully saturated rings. The number of hydrogen-bond donors (Lipinski definition) is 2. The van der Waals surface area contributed by atoms with Crippen LogP contribution in [-0.2, 0) is 6.54 Å². The molecular weight excluding hydrogens is 261 g/mol. The van der Waals surface area contributed by atoms with Gasteiger partial charge in [-0.25, -0.2) is 9.89 Å². The van der Waals surface area contributed by atoms with Gasteiger partial charge in [0.15, 0.2) is 0 Å². The van der Waals surface area contributed by atoms with Crippen LogP contribution in [0.15, 0.2) is 4.79 Å². The van der Waals surface area contributed by atoms with Crippen molar-refractivity contribution >= 4 is 0 Å². The number of rotatable bonds is 3. The van der Waals surface area contributed by atoms with Crippen LogP contribution in [0.4, 0.5) is 13.2 Å². The summed E-state index contributed by atoms with van der Waals surface area (Å²) in [5.74, 6) is 0.555. The van der Waals surface area contributed by atoms with Gasteiger partial charge in [-0.3, -0.25) is 4.57 Å². The van der Waals surface area contributed by atoms with Gasteiger partial charge in [-0.1, -0.05) is 0 Å². The SMILES string of the molecule is NCC1CCC(c2n[nH]c(=O)n2CC(F)(F)F)CC1. The van der Waals surface area contributed by atoms with E-state index in [0.717, 1.165) is 25.7 Å². The Morgan fingerprint density at radius 2 is 1.95 bits per heavy atom. The van der Waals surface area contributed by atoms with Crippen molar-refractivity contribution < 1.29 is 13.2 Å². The smallest absolute Gasteiger partial charge is 0.330 e. The van der Waals surface area contributed by atoms with E-state index in [1.54, 1.807) is 0 Å². The van der Waals surface area contributed by atoms with E-state index in [-0.39, 0.29) is 11.7 Å². The van der Waals surface area contributed by atoms with Crippen molar-refractivity contribution in [3.63, 3.8) is 0 Å². The number of nitrogens with zero attached hydrogens (tertiary/aromatic N) is 2. The van der Waals surface area contributed by atoms with Crippen molar-refractivity contribution in [2.24, 2.45) is 11.7 Å². The maximum Gasteiger partial charge on any atom is 0.406 e. The molecule has 1 aromatic rings. The van der Waals surface area contributed by atoms with E-state index in [1.807, 2.05) is 0 Å². The number of alkyl halides is 3. The Morgan fingerprint density at radius 3 is 2.47 bits per heavy atom. The standard InChI is InChI=1S/C11H17F3N4O/c12-11(13,14)6-18-9(16-17-10(18)19)8-3-1-7(5-15)2-4-8/h7-8H,1-6,15H2,(H,17,19). The fraction of sp³-hybridized carbons (Fsp3) is 0.818. The monoisotopic (exact) mass is 278 g/mol. The molecule has 1 saturated carbocycles. The molecule has 3 N–H and O–H groups in total. The minimum atomic E-state index is -4.42. The maximum absolute atomic E-state index is 12.4. The van der Waals surface area contributed by atoms with Crippen LogP contribution in [0.1, 0.15) is 37.4 Å². The molecule has 1 heterocycles. The van der Waals surface area contributed by atoms with Crippen molar-refractivity contribution in [2.75, 3.05) is 6.54 Å². The summed E-state index contributed by atoms with van der Waals surface area (Å²) in [7, 11) is 0. The molecule has 0 aromatic carbocycles. The second-order valence-electron chi connectivity index (χ2n) is 5.04. The third-order valence-electron chi connectivity index (χ3n) is 3.67. The number of hydrogen-bond acceptors (Lipinski definition) is 3. The second-order valence-corrected chi connectivity index (χ2v) is 5.04. The fourth-order valence-electron chi connectivity index (χ4n) is 2.63. The highest BCUT2D eigenvalue weighted by Gasteiger charge is 2.33. The predicted octanol–water partition coefficient (Wildman–Crippen LogP) is 1.37. The van der Waals surface area contributed by atoms with Gasteiger partial charge in [-0.15, -0.1) is 0 Å². The highest BCUT2D eigenvalue weighted by Crippen LogP contribution is 2.34. The topological polar surface area (TPSA) is 76.7 Å². The normalized spacial score (nSPS) is 24.6. The highest BCUT2D eigenvalue weighted by atomic mass is 19.4. The third-order valence-corrected chi connectivity index (χ3v) is 3.67. The first-order valence-corrected chi connectivity index (χ1v) is 6.32. The molecule has 0 atom stereocenters. The molecule has 0 spiro atoms. The summed E-state index contributed by atoms with van der Waals surface area (Å²) in [6, 6.07) is 0. The average molecular weight is 278 g/mol. The van der Waals surface area contributed by atoms with Crippen LogP contribution in [0.25, 0.3) is 0 Å². The molecule has 0 aliphatic heterocycles. The number of nitrogens with two attached hydrogens (primary N) is 1. The van der Waals surface area contributed by atoms with E-state index in [2.05, 4.69) is 10.2 Å². The number of aromatic amines is 1. The van der Waals surface area contributed by atoms with E-state index in [1.165, 1.54) is 0 Å². The number of H-pyrrole nitrogens is 1. The largest absolute Gasteiger partial charge is 0.406 e. The first kappa shape index (κ1) is 14.1. The number of aromatic nitrogens is 3. The van der Waals surface area contributed by atoms with Gasteiger partial charge in [-0.05, 0) is 38.1 Å². The zero-order chi connectivity index (χ0) is 14.0. The van der Waals surface area contributed by atoms with Crippen LogP contribution in [0, 0.1) is 5.92 Å². The van der Waals surface area contributed by atoms with Gasteiger partial charge in [0.2, 0.25) is 0 Å². The predicted molar refractivity (Wildman–Crippen MR) is 62.7 cm³/mol. The van der Waals surface area contributed by atoms with Gasteiger partial charge in [0.25, 0.3) is 0 Å². The van der Waals surface area contributed by atoms with Crippen molar-refractivity contribution in [1.82, 2.24) is 14.8 Å². The fourth-order valence-corrected chi connectivity index (χ4v) is 2.63. The van der Waals surface area contributed by atoms with Gasteiger partial charge >= 0.3 is 11.9 Å². The molecule has 0 radical (unpaired) electrons. The van der Waals surface area contributed by atoms with Crippen LogP contribution in [-0.4, -0.2) is 27.5 Å². The number of nitrogens with one attached hydrogen (secondary N) is 1. The van der Waals surface area contributed by atoms with Gasteiger partial charge < -0.3 is 5.73 Å². The molecule has 8 heteroatoms. The summed E-state index contributed by atoms with van der Waals surface area (Å²) in [6.07, 6.45) is -1.23. The van der Waals surface area contributed by atoms with Crippen LogP contribution in [0.5, 0.6) is 0 Å². The van der Waals surface area contributed by atoms with Crippen LogP contribution in [0.2, 0.25) is 0 Å². The molecule has 0 unspecified atom stereocenters. The van der Waals surface area contributed by atoms with Crippen molar-refractivity contribution in [3.8, 4) is 0 Å². The lowest BCUT2D eigenvalue weighted by Gasteiger charge is -2.27. The lowest BCUT2D eigenvalue weighted by Crippen LogP contribution is -2.29. The highest BCUT2D eigenvalue weighted by molar-refractivity contribution is 4.99. The van der Waals surface area contributed by atoms with Crippen molar-refractivity contribution in [3.05, 3.63) is 16.3 Å². The lowest BCUT2D eigenvalue weighted by molar-refractivity contribution is -0.141. The first-order valence-electron chi connectivity index (χ1n) is 6.32. The van der Waals surface area contributed by atoms with E-state index in [4.69, 9.17) is 5.73 Å². The molecule has 1 aliphatic carbocycles. The van der Waals surface area contributed by atoms with E-state index >= 15 is 0 Å². The Bertz CT molecular complexity index is 471. The molecule has 2 rings (SSSR count). The summed E-state index contributed by atoms with van der Waals surface area (Å²) in [6.45, 7) is -0.683. The van der Waals surface area contributed by atoms with E-state index in [0.29, 0.717) is 17.0 Å². The van der Waals surface area contributed by atoms with Gasteiger partial charge in [0.05, 0.1) is 0 Å². The maximum atomic E-state index is 12.4. The molecule has 108 valence electrons. The van der Waals surface area contributed by atoms with Gasteiger partial charge in [0, 0.05) is 5.92 Å². The van der Waals surface area contributed by atoms with Crippen molar-refractivity contribution in [1.29, 1.82) is 0 Å². The molecule has 19 heavy (non-hydrogen) atoms. The molecule has 0 saturated heterocycles. The molecule has 0 amide bonds. The first-order chi connectivity index (χ1) is 8.90. The summed E-state index contributed by atoms with van der Waals surface area (Å²) >= 11 is 0. The summed E-state index contributed by atoms with van der Waals surface area (Å²) in [5, 5.41) is 5.88. The van der Waals surface area contributed by atoms with Crippen molar-refractivity contribution in [2.45, 2.75) is 44.3 Å². The molecule has 5 nitrogen and oxygen atoms in total. The Morgan fingerprint density at radius 1 is 1.32 bits per heavy atom. The molecule has 1 aromatic heterocycles. The van der Waals surface area contributed by atoms with E-state index < -0.39 is 18.4 Å². The van der Waals surface area contributed by atoms with E-state index in [9.17, 15) is 18.0 Å². The molecular formula is C11H17F3N4O. The minimum absolute atomic E-state index is 0.0934. The van der Waals surface area contributed by atoms with Gasteiger partial charge in [0.1, 0.15) is 12.4 Å². The van der Waals surface area contributed by atoms with Gasteiger partial charge in [-0.2, -0.15) is 18.3 Å². The second kappa shape index (κ2) is 5.36. The van der Waals surface area contributed by atoms with Crippen LogP contribution in [0.3, 0.4) is 0 Å². The summed E-state index contributed by atoms with van der Waals surface area (Å²) < 4.78 is 38.0. The zero-order valence-corrected chi connectivity index (χ0v) is 10.4. The van der Waals surface area contributed by atoms with Crippen LogP contribution < -0.4 is 11.4 Å². The lowest BCUT2D eigenvalue weighted by atomic mass is 9.81. The quantitative estimate of drug-likeness (QED) is 0.876. The molecule has 0 bridgehead atoms. The Balaban J connectivity index is 2.15. The Kier molecular flexibility index (Phi) is 3.98. The number of halogens is 3. The zero-order valence-electron chi connectivity index (χ0n) is 10.4. The Hall–Kier alpha value is -1.31. The Labute approximate surface area is 108 Å². The average Bonchev–Trinajstić information content (AvgIpc) is 2.69. The minimum Gasteiger partial charge on any atom is -0.330 e. The summed E-state index contributed by atoms with van der Waals surface area (Å²) in [4.78, 5) is 11.4. The van der Waals surface area contributed by atoms with Crippen LogP contribution >= 0.6 is 0 Å². The molecule has 1 aliphatic rings.